The van der Waals surface area contributed by atoms with Crippen LogP contribution in [-0.2, 0) is 4.79 Å². The molecule has 1 rings (SSSR count). The lowest BCUT2D eigenvalue weighted by molar-refractivity contribution is -0.123. The molecule has 2 N–H and O–H groups in total. The summed E-state index contributed by atoms with van der Waals surface area (Å²) in [7, 11) is 0. The van der Waals surface area contributed by atoms with E-state index in [0.717, 1.165) is 19.4 Å². The molecule has 0 aromatic heterocycles. The number of amides is 1. The Labute approximate surface area is 80.3 Å². The van der Waals surface area contributed by atoms with E-state index in [1.54, 1.807) is 0 Å². The normalized spacial score (nSPS) is 24.8. The lowest BCUT2D eigenvalue weighted by atomic mass is 10.1. The zero-order valence-corrected chi connectivity index (χ0v) is 8.76. The van der Waals surface area contributed by atoms with Crippen molar-refractivity contribution in [1.82, 2.24) is 10.6 Å². The largest absolute Gasteiger partial charge is 0.352 e. The van der Waals surface area contributed by atoms with Crippen LogP contribution in [0.15, 0.2) is 0 Å². The molecule has 0 radical (unpaired) electrons. The summed E-state index contributed by atoms with van der Waals surface area (Å²) in [6.45, 7) is 7.27. The molecule has 2 atom stereocenters. The highest BCUT2D eigenvalue weighted by atomic mass is 16.2. The third kappa shape index (κ3) is 2.99. The first-order valence-corrected chi connectivity index (χ1v) is 5.15. The minimum atomic E-state index is 0.0567. The highest BCUT2D eigenvalue weighted by molar-refractivity contribution is 5.82. The van der Waals surface area contributed by atoms with E-state index in [1.165, 1.54) is 0 Å². The molecule has 1 aliphatic heterocycles. The van der Waals surface area contributed by atoms with Crippen LogP contribution in [0, 0.1) is 5.92 Å². The first kappa shape index (κ1) is 10.5. The van der Waals surface area contributed by atoms with Gasteiger partial charge in [0.25, 0.3) is 0 Å². The summed E-state index contributed by atoms with van der Waals surface area (Å²) in [5, 5.41) is 6.21. The SMILES string of the molecule is CC(C)C(C)NC(=O)C1CCCN1. The van der Waals surface area contributed by atoms with Gasteiger partial charge < -0.3 is 10.6 Å². The lowest BCUT2D eigenvalue weighted by Crippen LogP contribution is -2.45. The molecule has 1 amide bonds. The third-order valence-electron chi connectivity index (χ3n) is 2.75. The van der Waals surface area contributed by atoms with Crippen molar-refractivity contribution in [3.63, 3.8) is 0 Å². The van der Waals surface area contributed by atoms with Crippen molar-refractivity contribution in [2.24, 2.45) is 5.92 Å². The minimum absolute atomic E-state index is 0.0567. The van der Waals surface area contributed by atoms with E-state index < -0.39 is 0 Å². The lowest BCUT2D eigenvalue weighted by Gasteiger charge is -2.19. The summed E-state index contributed by atoms with van der Waals surface area (Å²) in [4.78, 5) is 11.6. The fraction of sp³-hybridized carbons (Fsp3) is 0.900. The molecular weight excluding hydrogens is 164 g/mol. The Balaban J connectivity index is 2.31. The van der Waals surface area contributed by atoms with E-state index >= 15 is 0 Å². The molecule has 1 fully saturated rings. The van der Waals surface area contributed by atoms with Crippen LogP contribution >= 0.6 is 0 Å². The van der Waals surface area contributed by atoms with E-state index in [2.05, 4.69) is 31.4 Å². The van der Waals surface area contributed by atoms with Gasteiger partial charge in [0.1, 0.15) is 0 Å². The summed E-state index contributed by atoms with van der Waals surface area (Å²) in [5.74, 6) is 0.670. The van der Waals surface area contributed by atoms with Gasteiger partial charge in [-0.2, -0.15) is 0 Å². The van der Waals surface area contributed by atoms with Crippen LogP contribution in [-0.4, -0.2) is 24.5 Å². The summed E-state index contributed by atoms with van der Waals surface area (Å²) in [6.07, 6.45) is 2.10. The van der Waals surface area contributed by atoms with E-state index in [9.17, 15) is 4.79 Å². The minimum Gasteiger partial charge on any atom is -0.352 e. The average Bonchev–Trinajstić information content (AvgIpc) is 2.55. The van der Waals surface area contributed by atoms with Gasteiger partial charge in [0.15, 0.2) is 0 Å². The van der Waals surface area contributed by atoms with Crippen LogP contribution in [0.2, 0.25) is 0 Å². The van der Waals surface area contributed by atoms with Crippen molar-refractivity contribution in [2.75, 3.05) is 6.54 Å². The molecule has 13 heavy (non-hydrogen) atoms. The summed E-state index contributed by atoms with van der Waals surface area (Å²) < 4.78 is 0. The second-order valence-electron chi connectivity index (χ2n) is 4.19. The fourth-order valence-electron chi connectivity index (χ4n) is 1.40. The molecule has 76 valence electrons. The Hall–Kier alpha value is -0.570. The molecule has 0 aliphatic carbocycles. The van der Waals surface area contributed by atoms with E-state index in [0.29, 0.717) is 5.92 Å². The molecule has 0 spiro atoms. The molecule has 1 saturated heterocycles. The molecule has 1 heterocycles. The van der Waals surface area contributed by atoms with Gasteiger partial charge in [0, 0.05) is 6.04 Å². The number of carbonyl (C=O) groups is 1. The van der Waals surface area contributed by atoms with Crippen LogP contribution in [0.3, 0.4) is 0 Å². The number of hydrogen-bond donors (Lipinski definition) is 2. The molecule has 1 aliphatic rings. The monoisotopic (exact) mass is 184 g/mol. The highest BCUT2D eigenvalue weighted by Gasteiger charge is 2.23. The van der Waals surface area contributed by atoms with Crippen LogP contribution in [0.5, 0.6) is 0 Å². The van der Waals surface area contributed by atoms with Gasteiger partial charge in [-0.15, -0.1) is 0 Å². The Morgan fingerprint density at radius 1 is 1.46 bits per heavy atom. The number of carbonyl (C=O) groups excluding carboxylic acids is 1. The van der Waals surface area contributed by atoms with Crippen LogP contribution in [0.1, 0.15) is 33.6 Å². The van der Waals surface area contributed by atoms with Gasteiger partial charge >= 0.3 is 0 Å². The molecule has 0 aromatic carbocycles. The molecule has 0 aromatic rings. The second kappa shape index (κ2) is 4.61. The fourth-order valence-corrected chi connectivity index (χ4v) is 1.40. The Kier molecular flexibility index (Phi) is 3.72. The van der Waals surface area contributed by atoms with Gasteiger partial charge in [0.05, 0.1) is 6.04 Å². The Bertz CT molecular complexity index is 174. The second-order valence-corrected chi connectivity index (χ2v) is 4.19. The molecule has 2 unspecified atom stereocenters. The van der Waals surface area contributed by atoms with Gasteiger partial charge in [-0.3, -0.25) is 4.79 Å². The molecular formula is C10H20N2O. The first-order valence-electron chi connectivity index (χ1n) is 5.15. The van der Waals surface area contributed by atoms with E-state index in [1.807, 2.05) is 0 Å². The molecule has 0 saturated carbocycles. The number of nitrogens with one attached hydrogen (secondary N) is 2. The van der Waals surface area contributed by atoms with Crippen LogP contribution < -0.4 is 10.6 Å². The quantitative estimate of drug-likeness (QED) is 0.684. The predicted molar refractivity (Wildman–Crippen MR) is 53.5 cm³/mol. The molecule has 3 heteroatoms. The number of rotatable bonds is 3. The van der Waals surface area contributed by atoms with Crippen molar-refractivity contribution in [3.8, 4) is 0 Å². The first-order chi connectivity index (χ1) is 6.11. The summed E-state index contributed by atoms with van der Waals surface area (Å²) in [5.41, 5.74) is 0. The average molecular weight is 184 g/mol. The number of hydrogen-bond acceptors (Lipinski definition) is 2. The predicted octanol–water partition coefficient (Wildman–Crippen LogP) is 0.899. The van der Waals surface area contributed by atoms with Gasteiger partial charge in [-0.25, -0.2) is 0 Å². The maximum atomic E-state index is 11.6. The smallest absolute Gasteiger partial charge is 0.237 e. The van der Waals surface area contributed by atoms with Crippen molar-refractivity contribution < 1.29 is 4.79 Å². The maximum absolute atomic E-state index is 11.6. The standard InChI is InChI=1S/C10H20N2O/c1-7(2)8(3)12-10(13)9-5-4-6-11-9/h7-9,11H,4-6H2,1-3H3,(H,12,13). The van der Waals surface area contributed by atoms with Crippen molar-refractivity contribution in [1.29, 1.82) is 0 Å². The van der Waals surface area contributed by atoms with Crippen LogP contribution in [0.25, 0.3) is 0 Å². The summed E-state index contributed by atoms with van der Waals surface area (Å²) >= 11 is 0. The van der Waals surface area contributed by atoms with Gasteiger partial charge in [-0.1, -0.05) is 13.8 Å². The third-order valence-corrected chi connectivity index (χ3v) is 2.75. The maximum Gasteiger partial charge on any atom is 0.237 e. The van der Waals surface area contributed by atoms with E-state index in [-0.39, 0.29) is 18.0 Å². The molecule has 0 bridgehead atoms. The van der Waals surface area contributed by atoms with Crippen molar-refractivity contribution >= 4 is 5.91 Å². The zero-order chi connectivity index (χ0) is 9.84. The van der Waals surface area contributed by atoms with Gasteiger partial charge in [0.2, 0.25) is 5.91 Å². The topological polar surface area (TPSA) is 41.1 Å². The van der Waals surface area contributed by atoms with Crippen molar-refractivity contribution in [2.45, 2.75) is 45.7 Å². The van der Waals surface area contributed by atoms with E-state index in [4.69, 9.17) is 0 Å². The summed E-state index contributed by atoms with van der Waals surface area (Å²) in [6, 6.07) is 0.330. The highest BCUT2D eigenvalue weighted by Crippen LogP contribution is 2.06. The van der Waals surface area contributed by atoms with Crippen molar-refractivity contribution in [3.05, 3.63) is 0 Å². The zero-order valence-electron chi connectivity index (χ0n) is 8.76. The molecule has 3 nitrogen and oxygen atoms in total. The Morgan fingerprint density at radius 2 is 2.15 bits per heavy atom. The van der Waals surface area contributed by atoms with Gasteiger partial charge in [-0.05, 0) is 32.2 Å². The van der Waals surface area contributed by atoms with Crippen LogP contribution in [0.4, 0.5) is 0 Å². The Morgan fingerprint density at radius 3 is 2.62 bits per heavy atom.